The summed E-state index contributed by atoms with van der Waals surface area (Å²) in [6.07, 6.45) is -3.53. The Morgan fingerprint density at radius 3 is 2.19 bits per heavy atom. The van der Waals surface area contributed by atoms with Gasteiger partial charge >= 0.3 is 18.2 Å². The lowest BCUT2D eigenvalue weighted by Crippen LogP contribution is -2.63. The Bertz CT molecular complexity index is 1050. The van der Waals surface area contributed by atoms with Crippen molar-refractivity contribution in [1.82, 2.24) is 20.9 Å². The molecule has 0 spiro atoms. The number of benzene rings is 1. The van der Waals surface area contributed by atoms with Gasteiger partial charge in [0.1, 0.15) is 5.54 Å². The molecule has 1 saturated heterocycles. The van der Waals surface area contributed by atoms with Crippen LogP contribution in [-0.4, -0.2) is 66.3 Å². The van der Waals surface area contributed by atoms with Gasteiger partial charge in [0.25, 0.3) is 5.91 Å². The molecule has 1 aliphatic carbocycles. The minimum Gasteiger partial charge on any atom is -0.340 e. The molecule has 1 saturated carbocycles. The van der Waals surface area contributed by atoms with Crippen molar-refractivity contribution in [3.8, 4) is 0 Å². The van der Waals surface area contributed by atoms with Crippen molar-refractivity contribution in [1.29, 1.82) is 0 Å². The third-order valence-electron chi connectivity index (χ3n) is 5.98. The van der Waals surface area contributed by atoms with Gasteiger partial charge in [-0.3, -0.25) is 10.1 Å². The summed E-state index contributed by atoms with van der Waals surface area (Å²) in [4.78, 5) is 37.6. The van der Waals surface area contributed by atoms with Gasteiger partial charge in [0.05, 0.1) is 48.5 Å². The monoisotopic (exact) mass is 456 g/mol. The summed E-state index contributed by atoms with van der Waals surface area (Å²) in [7, 11) is 24.2. The highest BCUT2D eigenvalue weighted by molar-refractivity contribution is 6.47. The molecule has 0 unspecified atom stereocenters. The van der Waals surface area contributed by atoms with Crippen LogP contribution >= 0.6 is 11.6 Å². The second-order valence-electron chi connectivity index (χ2n) is 8.17. The van der Waals surface area contributed by atoms with Crippen molar-refractivity contribution in [3.05, 3.63) is 33.8 Å². The molecule has 1 atom stereocenters. The molecule has 0 aromatic heterocycles. The van der Waals surface area contributed by atoms with E-state index in [1.54, 1.807) is 0 Å². The summed E-state index contributed by atoms with van der Waals surface area (Å²) >= 11 is 5.76. The highest BCUT2D eigenvalue weighted by atomic mass is 35.5. The van der Waals surface area contributed by atoms with Crippen LogP contribution in [0.4, 0.5) is 22.8 Å². The van der Waals surface area contributed by atoms with Crippen LogP contribution in [0.2, 0.25) is 5.02 Å². The molecular formula is C17H12B4ClF3N4O3. The second-order valence-corrected chi connectivity index (χ2v) is 8.58. The van der Waals surface area contributed by atoms with E-state index in [2.05, 4.69) is 16.0 Å². The molecule has 32 heavy (non-hydrogen) atoms. The lowest BCUT2D eigenvalue weighted by atomic mass is 9.57. The van der Waals surface area contributed by atoms with Crippen molar-refractivity contribution in [2.75, 3.05) is 6.54 Å². The van der Waals surface area contributed by atoms with Gasteiger partial charge in [0.15, 0.2) is 0 Å². The predicted octanol–water partition coefficient (Wildman–Crippen LogP) is 0.267. The van der Waals surface area contributed by atoms with Crippen LogP contribution in [0.1, 0.15) is 29.5 Å². The Kier molecular flexibility index (Phi) is 4.94. The third kappa shape index (κ3) is 3.29. The molecule has 3 aliphatic rings. The average Bonchev–Trinajstić information content (AvgIpc) is 3.41. The number of nitrogens with one attached hydrogen (secondary N) is 3. The maximum absolute atomic E-state index is 13.3. The van der Waals surface area contributed by atoms with E-state index in [-0.39, 0.29) is 23.6 Å². The van der Waals surface area contributed by atoms with E-state index in [1.165, 1.54) is 0 Å². The number of carbonyl (C=O) groups is 3. The summed E-state index contributed by atoms with van der Waals surface area (Å²) in [5, 5.41) is 1.78. The first-order chi connectivity index (χ1) is 14.6. The first-order valence-electron chi connectivity index (χ1n) is 9.41. The highest BCUT2D eigenvalue weighted by Crippen LogP contribution is 2.48. The van der Waals surface area contributed by atoms with E-state index < -0.39 is 50.9 Å². The smallest absolute Gasteiger partial charge is 0.340 e. The maximum Gasteiger partial charge on any atom is 0.417 e. The fraction of sp³-hybridized carbons (Fsp3) is 0.471. The van der Waals surface area contributed by atoms with Crippen molar-refractivity contribution in [2.24, 2.45) is 5.92 Å². The Morgan fingerprint density at radius 2 is 1.72 bits per heavy atom. The molecule has 5 amide bonds. The molecule has 2 heterocycles. The zero-order valence-electron chi connectivity index (χ0n) is 16.3. The van der Waals surface area contributed by atoms with Gasteiger partial charge in [-0.25, -0.2) is 9.59 Å². The standard InChI is InChI=1S/C17H12B4ClF3N4O3/c18-15(19)7-3-9(17(23,24)25)10(22)4-8(7)16(20,21)29(15)13(32)26-5-14(6-1-2-6)11(30)27-12(31)28-14/h3-4,6H,1-2,5H2,(H,26,32)(H2,27,28,30,31)/t14-/m0/s1. The van der Waals surface area contributed by atoms with Gasteiger partial charge in [-0.2, -0.15) is 13.2 Å². The van der Waals surface area contributed by atoms with E-state index in [0.717, 1.165) is 6.07 Å². The summed E-state index contributed by atoms with van der Waals surface area (Å²) < 4.78 is 39.9. The number of amides is 5. The molecule has 8 radical (unpaired) electrons. The average molecular weight is 456 g/mol. The number of alkyl halides is 3. The zero-order valence-corrected chi connectivity index (χ0v) is 17.1. The second kappa shape index (κ2) is 6.88. The number of carbonyl (C=O) groups excluding carboxylic acids is 3. The van der Waals surface area contributed by atoms with Crippen molar-refractivity contribution >= 4 is 61.0 Å². The van der Waals surface area contributed by atoms with Crippen molar-refractivity contribution in [2.45, 2.75) is 35.2 Å². The van der Waals surface area contributed by atoms with Crippen molar-refractivity contribution < 1.29 is 27.6 Å². The Balaban J connectivity index is 1.65. The number of hydrogen-bond donors (Lipinski definition) is 3. The number of urea groups is 2. The fourth-order valence-electron chi connectivity index (χ4n) is 4.27. The molecule has 1 aromatic rings. The Hall–Kier alpha value is -2.23. The Labute approximate surface area is 191 Å². The number of nitrogens with zero attached hydrogens (tertiary/aromatic N) is 1. The molecule has 15 heteroatoms. The van der Waals surface area contributed by atoms with Crippen LogP contribution in [0.25, 0.3) is 0 Å². The predicted molar refractivity (Wildman–Crippen MR) is 110 cm³/mol. The Morgan fingerprint density at radius 1 is 1.16 bits per heavy atom. The number of imide groups is 1. The van der Waals surface area contributed by atoms with E-state index in [9.17, 15) is 27.6 Å². The van der Waals surface area contributed by atoms with E-state index in [0.29, 0.717) is 23.8 Å². The summed E-state index contributed by atoms with van der Waals surface area (Å²) in [6.45, 7) is -0.346. The summed E-state index contributed by atoms with van der Waals surface area (Å²) in [5.74, 6) is -0.825. The highest BCUT2D eigenvalue weighted by Gasteiger charge is 2.57. The molecule has 3 N–H and O–H groups in total. The molecule has 2 aliphatic heterocycles. The molecule has 2 fully saturated rings. The first-order valence-corrected chi connectivity index (χ1v) is 9.79. The molecule has 158 valence electrons. The lowest BCUT2D eigenvalue weighted by Gasteiger charge is -2.43. The number of hydrogen-bond acceptors (Lipinski definition) is 3. The molecule has 0 bridgehead atoms. The van der Waals surface area contributed by atoms with Gasteiger partial charge in [-0.1, -0.05) is 11.6 Å². The van der Waals surface area contributed by atoms with Gasteiger partial charge in [-0.15, -0.1) is 0 Å². The number of fused-ring (bicyclic) bond motifs is 1. The van der Waals surface area contributed by atoms with Crippen LogP contribution in [0, 0.1) is 5.92 Å². The van der Waals surface area contributed by atoms with Crippen LogP contribution in [0.15, 0.2) is 12.1 Å². The topological polar surface area (TPSA) is 90.5 Å². The van der Waals surface area contributed by atoms with Gasteiger partial charge in [0.2, 0.25) is 0 Å². The fourth-order valence-corrected chi connectivity index (χ4v) is 4.54. The van der Waals surface area contributed by atoms with E-state index in [1.807, 2.05) is 0 Å². The zero-order chi connectivity index (χ0) is 23.9. The van der Waals surface area contributed by atoms with Crippen LogP contribution in [-0.2, 0) is 21.6 Å². The molecule has 4 rings (SSSR count). The summed E-state index contributed by atoms with van der Waals surface area (Å²) in [5.41, 5.74) is -3.14. The van der Waals surface area contributed by atoms with Crippen LogP contribution < -0.4 is 16.0 Å². The van der Waals surface area contributed by atoms with Crippen LogP contribution in [0.3, 0.4) is 0 Å². The van der Waals surface area contributed by atoms with E-state index in [4.69, 9.17) is 43.0 Å². The van der Waals surface area contributed by atoms with Gasteiger partial charge in [-0.05, 0) is 52.7 Å². The molecule has 1 aromatic carbocycles. The lowest BCUT2D eigenvalue weighted by molar-refractivity contribution is -0.137. The summed E-state index contributed by atoms with van der Waals surface area (Å²) in [6, 6.07) is -0.319. The van der Waals surface area contributed by atoms with Gasteiger partial charge < -0.3 is 15.5 Å². The number of rotatable bonds is 3. The van der Waals surface area contributed by atoms with Crippen LogP contribution in [0.5, 0.6) is 0 Å². The third-order valence-corrected chi connectivity index (χ3v) is 6.29. The first kappa shape index (κ1) is 22.9. The van der Waals surface area contributed by atoms with Crippen molar-refractivity contribution in [3.63, 3.8) is 0 Å². The largest absolute Gasteiger partial charge is 0.417 e. The SMILES string of the molecule is [B]C1([B])c2cc(Cl)c(C(F)(F)F)cc2C([B])([B])N1C(=O)NC[C@@]1(C2CC2)NC(=O)NC1=O. The van der Waals surface area contributed by atoms with Gasteiger partial charge in [0, 0.05) is 0 Å². The minimum absolute atomic E-state index is 0.181. The normalized spacial score (nSPS) is 25.8. The quantitative estimate of drug-likeness (QED) is 0.451. The minimum atomic E-state index is -4.82. The number of halogens is 4. The van der Waals surface area contributed by atoms with E-state index >= 15 is 0 Å². The maximum atomic E-state index is 13.3. The molecular weight excluding hydrogens is 444 g/mol. The molecule has 7 nitrogen and oxygen atoms in total.